The zero-order chi connectivity index (χ0) is 13.5. The third-order valence-electron chi connectivity index (χ3n) is 3.61. The molecule has 0 aromatic heterocycles. The van der Waals surface area contributed by atoms with Gasteiger partial charge in [0.25, 0.3) is 0 Å². The predicted molar refractivity (Wildman–Crippen MR) is 67.9 cm³/mol. The highest BCUT2D eigenvalue weighted by atomic mass is 19.1. The standard InChI is InChI=1S/C14H15FN2O2/c15-9-2-1-3-11(8-9)17-13(19)14(6-7-14)12(18)16-10-4-5-10/h1-3,8,10H,4-7H2,(H,16,18)(H,17,19). The van der Waals surface area contributed by atoms with E-state index in [2.05, 4.69) is 10.6 Å². The zero-order valence-corrected chi connectivity index (χ0v) is 10.4. The van der Waals surface area contributed by atoms with Crippen molar-refractivity contribution < 1.29 is 14.0 Å². The Morgan fingerprint density at radius 1 is 1.21 bits per heavy atom. The summed E-state index contributed by atoms with van der Waals surface area (Å²) in [6.45, 7) is 0. The Morgan fingerprint density at radius 3 is 2.53 bits per heavy atom. The molecule has 0 heterocycles. The Balaban J connectivity index is 1.67. The lowest BCUT2D eigenvalue weighted by Gasteiger charge is -2.15. The lowest BCUT2D eigenvalue weighted by molar-refractivity contribution is -0.134. The van der Waals surface area contributed by atoms with Crippen LogP contribution >= 0.6 is 0 Å². The number of hydrogen-bond donors (Lipinski definition) is 2. The maximum atomic E-state index is 13.0. The number of benzene rings is 1. The number of hydrogen-bond acceptors (Lipinski definition) is 2. The van der Waals surface area contributed by atoms with Crippen LogP contribution in [0.4, 0.5) is 10.1 Å². The molecular weight excluding hydrogens is 247 g/mol. The maximum absolute atomic E-state index is 13.0. The molecule has 1 aromatic carbocycles. The number of amides is 2. The van der Waals surface area contributed by atoms with E-state index >= 15 is 0 Å². The van der Waals surface area contributed by atoms with Gasteiger partial charge in [-0.15, -0.1) is 0 Å². The van der Waals surface area contributed by atoms with Crippen LogP contribution in [-0.4, -0.2) is 17.9 Å². The second-order valence-electron chi connectivity index (χ2n) is 5.29. The van der Waals surface area contributed by atoms with Crippen molar-refractivity contribution in [1.82, 2.24) is 5.32 Å². The smallest absolute Gasteiger partial charge is 0.240 e. The molecule has 0 unspecified atom stereocenters. The van der Waals surface area contributed by atoms with Gasteiger partial charge < -0.3 is 10.6 Å². The van der Waals surface area contributed by atoms with E-state index in [1.165, 1.54) is 18.2 Å². The lowest BCUT2D eigenvalue weighted by Crippen LogP contribution is -2.40. The fourth-order valence-electron chi connectivity index (χ4n) is 2.05. The summed E-state index contributed by atoms with van der Waals surface area (Å²) in [5, 5.41) is 5.48. The van der Waals surface area contributed by atoms with Crippen molar-refractivity contribution in [3.05, 3.63) is 30.1 Å². The fourth-order valence-corrected chi connectivity index (χ4v) is 2.05. The summed E-state index contributed by atoms with van der Waals surface area (Å²) < 4.78 is 13.0. The molecule has 0 atom stereocenters. The molecule has 2 aliphatic rings. The maximum Gasteiger partial charge on any atom is 0.240 e. The first-order chi connectivity index (χ1) is 9.10. The highest BCUT2D eigenvalue weighted by Gasteiger charge is 2.57. The van der Waals surface area contributed by atoms with Gasteiger partial charge in [-0.2, -0.15) is 0 Å². The summed E-state index contributed by atoms with van der Waals surface area (Å²) in [5.41, 5.74) is -0.551. The summed E-state index contributed by atoms with van der Waals surface area (Å²) in [6.07, 6.45) is 3.11. The topological polar surface area (TPSA) is 58.2 Å². The second-order valence-corrected chi connectivity index (χ2v) is 5.29. The van der Waals surface area contributed by atoms with Crippen molar-refractivity contribution in [3.63, 3.8) is 0 Å². The molecule has 0 aliphatic heterocycles. The quantitative estimate of drug-likeness (QED) is 0.813. The van der Waals surface area contributed by atoms with E-state index in [0.717, 1.165) is 12.8 Å². The van der Waals surface area contributed by atoms with Gasteiger partial charge in [0.1, 0.15) is 11.2 Å². The minimum absolute atomic E-state index is 0.191. The number of carbonyl (C=O) groups excluding carboxylic acids is 2. The Hall–Kier alpha value is -1.91. The van der Waals surface area contributed by atoms with Gasteiger partial charge in [-0.05, 0) is 43.9 Å². The lowest BCUT2D eigenvalue weighted by atomic mass is 10.0. The van der Waals surface area contributed by atoms with Crippen LogP contribution in [0.1, 0.15) is 25.7 Å². The van der Waals surface area contributed by atoms with Crippen LogP contribution in [0.25, 0.3) is 0 Å². The van der Waals surface area contributed by atoms with Gasteiger partial charge in [-0.1, -0.05) is 6.07 Å². The Labute approximate surface area is 110 Å². The summed E-state index contributed by atoms with van der Waals surface area (Å²) in [7, 11) is 0. The summed E-state index contributed by atoms with van der Waals surface area (Å²) >= 11 is 0. The Bertz CT molecular complexity index is 536. The first kappa shape index (κ1) is 12.1. The SMILES string of the molecule is O=C(Nc1cccc(F)c1)C1(C(=O)NC2CC2)CC1. The minimum Gasteiger partial charge on any atom is -0.352 e. The Morgan fingerprint density at radius 2 is 1.95 bits per heavy atom. The van der Waals surface area contributed by atoms with Crippen molar-refractivity contribution in [2.24, 2.45) is 5.41 Å². The second kappa shape index (κ2) is 4.33. The third kappa shape index (κ3) is 2.45. The largest absolute Gasteiger partial charge is 0.352 e. The number of carbonyl (C=O) groups is 2. The monoisotopic (exact) mass is 262 g/mol. The summed E-state index contributed by atoms with van der Waals surface area (Å²) in [4.78, 5) is 24.2. The van der Waals surface area contributed by atoms with Gasteiger partial charge in [0.2, 0.25) is 11.8 Å². The molecule has 2 amide bonds. The molecule has 4 nitrogen and oxygen atoms in total. The molecule has 2 N–H and O–H groups in total. The van der Waals surface area contributed by atoms with Crippen LogP contribution in [0.2, 0.25) is 0 Å². The molecule has 2 fully saturated rings. The van der Waals surface area contributed by atoms with Crippen molar-refractivity contribution >= 4 is 17.5 Å². The van der Waals surface area contributed by atoms with Gasteiger partial charge in [0.15, 0.2) is 0 Å². The van der Waals surface area contributed by atoms with Crippen molar-refractivity contribution in [2.75, 3.05) is 5.32 Å². The van der Waals surface area contributed by atoms with Crippen LogP contribution in [0.15, 0.2) is 24.3 Å². The molecule has 5 heteroatoms. The number of halogens is 1. The van der Waals surface area contributed by atoms with Gasteiger partial charge in [0, 0.05) is 11.7 Å². The van der Waals surface area contributed by atoms with Crippen LogP contribution in [0.5, 0.6) is 0 Å². The minimum atomic E-state index is -0.936. The average molecular weight is 262 g/mol. The first-order valence-corrected chi connectivity index (χ1v) is 6.48. The highest BCUT2D eigenvalue weighted by molar-refractivity contribution is 6.13. The van der Waals surface area contributed by atoms with E-state index < -0.39 is 11.2 Å². The van der Waals surface area contributed by atoms with Crippen molar-refractivity contribution in [1.29, 1.82) is 0 Å². The molecule has 0 bridgehead atoms. The molecular formula is C14H15FN2O2. The van der Waals surface area contributed by atoms with Crippen molar-refractivity contribution in [2.45, 2.75) is 31.7 Å². The van der Waals surface area contributed by atoms with E-state index in [1.807, 2.05) is 0 Å². The zero-order valence-electron chi connectivity index (χ0n) is 10.4. The van der Waals surface area contributed by atoms with Crippen LogP contribution < -0.4 is 10.6 Å². The van der Waals surface area contributed by atoms with Crippen molar-refractivity contribution in [3.8, 4) is 0 Å². The molecule has 19 heavy (non-hydrogen) atoms. The molecule has 3 rings (SSSR count). The van der Waals surface area contributed by atoms with Gasteiger partial charge >= 0.3 is 0 Å². The van der Waals surface area contributed by atoms with Crippen LogP contribution in [0.3, 0.4) is 0 Å². The molecule has 2 aliphatic carbocycles. The number of nitrogens with one attached hydrogen (secondary N) is 2. The molecule has 0 spiro atoms. The molecule has 1 aromatic rings. The third-order valence-corrected chi connectivity index (χ3v) is 3.61. The first-order valence-electron chi connectivity index (χ1n) is 6.48. The highest BCUT2D eigenvalue weighted by Crippen LogP contribution is 2.47. The fraction of sp³-hybridized carbons (Fsp3) is 0.429. The molecule has 0 radical (unpaired) electrons. The van der Waals surface area contributed by atoms with Gasteiger partial charge in [-0.3, -0.25) is 9.59 Å². The van der Waals surface area contributed by atoms with E-state index in [0.29, 0.717) is 18.5 Å². The predicted octanol–water partition coefficient (Wildman–Crippen LogP) is 1.82. The number of rotatable bonds is 4. The molecule has 100 valence electrons. The van der Waals surface area contributed by atoms with Crippen LogP contribution in [-0.2, 0) is 9.59 Å². The van der Waals surface area contributed by atoms with E-state index in [9.17, 15) is 14.0 Å². The normalized spacial score (nSPS) is 19.6. The number of anilines is 1. The summed E-state index contributed by atoms with van der Waals surface area (Å²) in [6, 6.07) is 5.92. The van der Waals surface area contributed by atoms with E-state index in [-0.39, 0.29) is 17.9 Å². The molecule has 2 saturated carbocycles. The average Bonchev–Trinajstić information content (AvgIpc) is 3.24. The molecule has 0 saturated heterocycles. The van der Waals surface area contributed by atoms with E-state index in [1.54, 1.807) is 6.07 Å². The van der Waals surface area contributed by atoms with Crippen LogP contribution in [0, 0.1) is 11.2 Å². The van der Waals surface area contributed by atoms with Gasteiger partial charge in [0.05, 0.1) is 0 Å². The van der Waals surface area contributed by atoms with E-state index in [4.69, 9.17) is 0 Å². The van der Waals surface area contributed by atoms with Gasteiger partial charge in [-0.25, -0.2) is 4.39 Å². The summed E-state index contributed by atoms with van der Waals surface area (Å²) in [5.74, 6) is -0.940. The Kier molecular flexibility index (Phi) is 2.77.